The quantitative estimate of drug-likeness (QED) is 0.673. The van der Waals surface area contributed by atoms with E-state index in [1.54, 1.807) is 12.1 Å². The number of carbonyl (C=O) groups is 1. The highest BCUT2D eigenvalue weighted by Gasteiger charge is 2.74. The summed E-state index contributed by atoms with van der Waals surface area (Å²) in [5.41, 5.74) is 0.851. The molecule has 3 saturated carbocycles. The largest absolute Gasteiger partial charge is 0.372 e. The first-order chi connectivity index (χ1) is 15.6. The molecule has 1 aliphatic heterocycles. The number of rotatable bonds is 6. The number of fused-ring (bicyclic) bond motifs is 2. The van der Waals surface area contributed by atoms with Crippen molar-refractivity contribution in [3.63, 3.8) is 0 Å². The molecule has 9 heteroatoms. The molecule has 0 spiro atoms. The van der Waals surface area contributed by atoms with Crippen LogP contribution in [0.3, 0.4) is 0 Å². The third-order valence-corrected chi connectivity index (χ3v) is 9.20. The third kappa shape index (κ3) is 3.80. The summed E-state index contributed by atoms with van der Waals surface area (Å²) in [6.45, 7) is 7.30. The predicted octanol–water partition coefficient (Wildman–Crippen LogP) is 3.03. The summed E-state index contributed by atoms with van der Waals surface area (Å²) >= 11 is 0. The standard InChI is InChI=1S/C24H30N4O4S/c1-14-12-28(13-15(2)32-14)20-9-17(33(30,31)27-23(3)6-7-23)8-19-18(20)4-5-21(25-19)26-22(29)24-10-16(24)11-24/h4-5,8-9,14-16,27H,6-7,10-13H2,1-3H3,(H,25,26,29)/t14-,15-,16?,24?/m0/s1. The van der Waals surface area contributed by atoms with Crippen molar-refractivity contribution in [1.82, 2.24) is 9.71 Å². The van der Waals surface area contributed by atoms with Gasteiger partial charge in [0.1, 0.15) is 5.82 Å². The Hall–Kier alpha value is -2.23. The lowest BCUT2D eigenvalue weighted by atomic mass is 10.1. The van der Waals surface area contributed by atoms with E-state index in [1.807, 2.05) is 32.9 Å². The zero-order chi connectivity index (χ0) is 23.2. The van der Waals surface area contributed by atoms with Gasteiger partial charge in [0.2, 0.25) is 15.9 Å². The summed E-state index contributed by atoms with van der Waals surface area (Å²) in [6, 6.07) is 7.11. The number of aromatic nitrogens is 1. The maximum absolute atomic E-state index is 13.3. The fraction of sp³-hybridized carbons (Fsp3) is 0.583. The molecule has 176 valence electrons. The Bertz CT molecular complexity index is 1260. The molecule has 1 amide bonds. The van der Waals surface area contributed by atoms with Crippen molar-refractivity contribution in [3.8, 4) is 0 Å². The minimum Gasteiger partial charge on any atom is -0.372 e. The zero-order valence-electron chi connectivity index (χ0n) is 19.2. The molecule has 2 N–H and O–H groups in total. The van der Waals surface area contributed by atoms with E-state index in [4.69, 9.17) is 4.74 Å². The Morgan fingerprint density at radius 3 is 2.42 bits per heavy atom. The number of carbonyl (C=O) groups excluding carboxylic acids is 1. The fourth-order valence-electron chi connectivity index (χ4n) is 5.04. The van der Waals surface area contributed by atoms with Gasteiger partial charge in [-0.3, -0.25) is 4.79 Å². The number of morpholine rings is 1. The zero-order valence-corrected chi connectivity index (χ0v) is 20.0. The summed E-state index contributed by atoms with van der Waals surface area (Å²) in [5, 5.41) is 3.81. The van der Waals surface area contributed by atoms with Crippen LogP contribution in [0.2, 0.25) is 0 Å². The van der Waals surface area contributed by atoms with Gasteiger partial charge in [-0.1, -0.05) is 0 Å². The highest BCUT2D eigenvalue weighted by molar-refractivity contribution is 7.89. The number of hydrogen-bond donors (Lipinski definition) is 2. The Labute approximate surface area is 194 Å². The Kier molecular flexibility index (Phi) is 4.45. The van der Waals surface area contributed by atoms with Gasteiger partial charge in [0.25, 0.3) is 0 Å². The van der Waals surface area contributed by atoms with Crippen LogP contribution in [0.25, 0.3) is 10.9 Å². The number of nitrogens with one attached hydrogen (secondary N) is 2. The lowest BCUT2D eigenvalue weighted by Gasteiger charge is -2.37. The summed E-state index contributed by atoms with van der Waals surface area (Å²) < 4.78 is 35.2. The normalized spacial score (nSPS) is 31.7. The molecule has 0 radical (unpaired) electrons. The SMILES string of the molecule is C[C@H]1CN(c2cc(S(=O)(=O)NC3(C)CC3)cc3nc(NC(=O)C45CC4C5)ccc23)C[C@H](C)O1. The molecule has 6 rings (SSSR count). The van der Waals surface area contributed by atoms with E-state index < -0.39 is 10.0 Å². The molecule has 3 aliphatic carbocycles. The molecule has 8 nitrogen and oxygen atoms in total. The number of sulfonamides is 1. The molecule has 1 aromatic carbocycles. The van der Waals surface area contributed by atoms with Crippen molar-refractivity contribution in [2.75, 3.05) is 23.3 Å². The number of anilines is 2. The van der Waals surface area contributed by atoms with Crippen LogP contribution in [0.1, 0.15) is 46.5 Å². The van der Waals surface area contributed by atoms with Crippen LogP contribution in [-0.4, -0.2) is 50.1 Å². The monoisotopic (exact) mass is 470 g/mol. The van der Waals surface area contributed by atoms with Crippen LogP contribution in [0.4, 0.5) is 11.5 Å². The third-order valence-electron chi connectivity index (χ3n) is 7.59. The van der Waals surface area contributed by atoms with Gasteiger partial charge in [-0.25, -0.2) is 18.1 Å². The van der Waals surface area contributed by atoms with E-state index in [9.17, 15) is 13.2 Å². The molecule has 0 unspecified atom stereocenters. The average molecular weight is 471 g/mol. The predicted molar refractivity (Wildman–Crippen MR) is 126 cm³/mol. The van der Waals surface area contributed by atoms with Crippen LogP contribution < -0.4 is 14.9 Å². The molecule has 0 bridgehead atoms. The summed E-state index contributed by atoms with van der Waals surface area (Å²) in [4.78, 5) is 19.6. The van der Waals surface area contributed by atoms with Crippen LogP contribution in [-0.2, 0) is 19.6 Å². The van der Waals surface area contributed by atoms with Crippen molar-refractivity contribution >= 4 is 38.3 Å². The number of amides is 1. The second-order valence-corrected chi connectivity index (χ2v) is 12.4. The van der Waals surface area contributed by atoms with Gasteiger partial charge < -0.3 is 15.0 Å². The maximum Gasteiger partial charge on any atom is 0.241 e. The molecule has 33 heavy (non-hydrogen) atoms. The van der Waals surface area contributed by atoms with E-state index in [2.05, 4.69) is 19.9 Å². The number of benzene rings is 1. The molecular formula is C24H30N4O4S. The highest BCUT2D eigenvalue weighted by Crippen LogP contribution is 2.75. The summed E-state index contributed by atoms with van der Waals surface area (Å²) in [5.74, 6) is 1.04. The fourth-order valence-corrected chi connectivity index (χ4v) is 6.54. The first kappa shape index (κ1) is 21.3. The number of ether oxygens (including phenoxy) is 1. The van der Waals surface area contributed by atoms with Crippen molar-refractivity contribution in [1.29, 1.82) is 0 Å². The Morgan fingerprint density at radius 2 is 1.82 bits per heavy atom. The van der Waals surface area contributed by atoms with E-state index in [0.717, 1.165) is 36.8 Å². The van der Waals surface area contributed by atoms with E-state index in [-0.39, 0.29) is 34.0 Å². The number of hydrogen-bond acceptors (Lipinski definition) is 6. The minimum absolute atomic E-state index is 0.0301. The van der Waals surface area contributed by atoms with Gasteiger partial charge >= 0.3 is 0 Å². The van der Waals surface area contributed by atoms with Gasteiger partial charge in [0, 0.05) is 29.7 Å². The van der Waals surface area contributed by atoms with Crippen molar-refractivity contribution in [2.24, 2.45) is 11.3 Å². The maximum atomic E-state index is 13.3. The van der Waals surface area contributed by atoms with Crippen LogP contribution in [0.5, 0.6) is 0 Å². The molecule has 2 heterocycles. The smallest absolute Gasteiger partial charge is 0.241 e. The first-order valence-corrected chi connectivity index (χ1v) is 13.3. The van der Waals surface area contributed by atoms with Gasteiger partial charge in [0.15, 0.2) is 0 Å². The molecular weight excluding hydrogens is 440 g/mol. The van der Waals surface area contributed by atoms with Crippen molar-refractivity contribution in [3.05, 3.63) is 24.3 Å². The Morgan fingerprint density at radius 1 is 1.15 bits per heavy atom. The first-order valence-electron chi connectivity index (χ1n) is 11.8. The van der Waals surface area contributed by atoms with Gasteiger partial charge in [-0.2, -0.15) is 0 Å². The molecule has 1 saturated heterocycles. The highest BCUT2D eigenvalue weighted by atomic mass is 32.2. The number of nitrogens with zero attached hydrogens (tertiary/aromatic N) is 2. The topological polar surface area (TPSA) is 101 Å². The van der Waals surface area contributed by atoms with Crippen molar-refractivity contribution < 1.29 is 17.9 Å². The number of pyridine rings is 1. The lowest BCUT2D eigenvalue weighted by Crippen LogP contribution is -2.45. The molecule has 4 fully saturated rings. The van der Waals surface area contributed by atoms with E-state index >= 15 is 0 Å². The molecule has 1 aromatic heterocycles. The second-order valence-electron chi connectivity index (χ2n) is 10.7. The minimum atomic E-state index is -3.71. The van der Waals surface area contributed by atoms with Crippen LogP contribution in [0.15, 0.2) is 29.2 Å². The van der Waals surface area contributed by atoms with Crippen LogP contribution in [0, 0.1) is 11.3 Å². The average Bonchev–Trinajstić information content (AvgIpc) is 3.63. The van der Waals surface area contributed by atoms with E-state index in [1.165, 1.54) is 0 Å². The van der Waals surface area contributed by atoms with Gasteiger partial charge in [0.05, 0.1) is 28.0 Å². The molecule has 2 atom stereocenters. The summed E-state index contributed by atoms with van der Waals surface area (Å²) in [7, 11) is -3.71. The second kappa shape index (κ2) is 6.90. The Balaban J connectivity index is 1.41. The van der Waals surface area contributed by atoms with E-state index in [0.29, 0.717) is 30.3 Å². The van der Waals surface area contributed by atoms with Gasteiger partial charge in [-0.05, 0) is 76.6 Å². The lowest BCUT2D eigenvalue weighted by molar-refractivity contribution is -0.119. The van der Waals surface area contributed by atoms with Gasteiger partial charge in [-0.15, -0.1) is 0 Å². The van der Waals surface area contributed by atoms with Crippen LogP contribution >= 0.6 is 0 Å². The molecule has 2 aromatic rings. The molecule has 4 aliphatic rings. The summed E-state index contributed by atoms with van der Waals surface area (Å²) in [6.07, 6.45) is 3.67. The van der Waals surface area contributed by atoms with Crippen molar-refractivity contribution in [2.45, 2.75) is 69.1 Å².